The molecule has 0 aromatic carbocycles. The molecule has 0 radical (unpaired) electrons. The Hall–Kier alpha value is -0.0800. The zero-order valence-corrected chi connectivity index (χ0v) is 9.73. The van der Waals surface area contributed by atoms with Crippen LogP contribution < -0.4 is 5.32 Å². The van der Waals surface area contributed by atoms with Crippen molar-refractivity contribution in [3.8, 4) is 0 Å². The van der Waals surface area contributed by atoms with Gasteiger partial charge in [0, 0.05) is 13.1 Å². The van der Waals surface area contributed by atoms with E-state index in [1.807, 2.05) is 0 Å². The molecule has 82 valence electrons. The Morgan fingerprint density at radius 1 is 1.36 bits per heavy atom. The summed E-state index contributed by atoms with van der Waals surface area (Å²) in [5.74, 6) is 0.773. The van der Waals surface area contributed by atoms with Crippen molar-refractivity contribution in [1.82, 2.24) is 5.32 Å². The Bertz CT molecular complexity index is 214. The lowest BCUT2D eigenvalue weighted by Gasteiger charge is -2.47. The maximum atomic E-state index is 6.36. The number of hydrogen-bond donors (Lipinski definition) is 1. The third kappa shape index (κ3) is 1.70. The maximum absolute atomic E-state index is 6.36. The van der Waals surface area contributed by atoms with Gasteiger partial charge in [-0.25, -0.2) is 0 Å². The predicted octanol–water partition coefficient (Wildman–Crippen LogP) is 2.33. The second-order valence-corrected chi connectivity index (χ2v) is 5.53. The van der Waals surface area contributed by atoms with E-state index in [9.17, 15) is 0 Å². The Morgan fingerprint density at radius 2 is 2.14 bits per heavy atom. The highest BCUT2D eigenvalue weighted by molar-refractivity contribution is 5.00. The van der Waals surface area contributed by atoms with Crippen molar-refractivity contribution in [1.29, 1.82) is 0 Å². The van der Waals surface area contributed by atoms with Crippen molar-refractivity contribution in [2.24, 2.45) is 5.92 Å². The molecule has 14 heavy (non-hydrogen) atoms. The summed E-state index contributed by atoms with van der Waals surface area (Å²) in [6.45, 7) is 8.75. The molecule has 1 aliphatic heterocycles. The summed E-state index contributed by atoms with van der Waals surface area (Å²) >= 11 is 0. The Morgan fingerprint density at radius 3 is 2.79 bits per heavy atom. The lowest BCUT2D eigenvalue weighted by Crippen LogP contribution is -2.59. The fourth-order valence-corrected chi connectivity index (χ4v) is 3.26. The van der Waals surface area contributed by atoms with Gasteiger partial charge in [0.1, 0.15) is 0 Å². The SMILES string of the molecule is CCC1CCCC12CNCC(C)(C)O2. The van der Waals surface area contributed by atoms with E-state index < -0.39 is 0 Å². The largest absolute Gasteiger partial charge is 0.366 e. The quantitative estimate of drug-likeness (QED) is 0.696. The van der Waals surface area contributed by atoms with E-state index in [4.69, 9.17) is 4.74 Å². The van der Waals surface area contributed by atoms with Crippen LogP contribution in [0.25, 0.3) is 0 Å². The van der Waals surface area contributed by atoms with Crippen molar-refractivity contribution in [2.75, 3.05) is 13.1 Å². The molecule has 1 heterocycles. The van der Waals surface area contributed by atoms with Crippen molar-refractivity contribution < 1.29 is 4.74 Å². The number of rotatable bonds is 1. The highest BCUT2D eigenvalue weighted by Crippen LogP contribution is 2.44. The number of ether oxygens (including phenoxy) is 1. The van der Waals surface area contributed by atoms with Crippen LogP contribution in [0, 0.1) is 5.92 Å². The standard InChI is InChI=1S/C12H23NO/c1-4-10-6-5-7-12(10)9-13-8-11(2,3)14-12/h10,13H,4-9H2,1-3H3. The zero-order chi connectivity index (χ0) is 10.2. The second kappa shape index (κ2) is 3.49. The van der Waals surface area contributed by atoms with Crippen LogP contribution in [0.15, 0.2) is 0 Å². The van der Waals surface area contributed by atoms with E-state index in [1.54, 1.807) is 0 Å². The second-order valence-electron chi connectivity index (χ2n) is 5.53. The van der Waals surface area contributed by atoms with Crippen LogP contribution in [0.2, 0.25) is 0 Å². The Balaban J connectivity index is 2.14. The molecule has 1 aliphatic carbocycles. The van der Waals surface area contributed by atoms with Gasteiger partial charge >= 0.3 is 0 Å². The summed E-state index contributed by atoms with van der Waals surface area (Å²) in [5, 5.41) is 3.55. The molecule has 2 aliphatic rings. The average Bonchev–Trinajstić information content (AvgIpc) is 2.45. The summed E-state index contributed by atoms with van der Waals surface area (Å²) in [7, 11) is 0. The van der Waals surface area contributed by atoms with Gasteiger partial charge in [-0.05, 0) is 32.6 Å². The summed E-state index contributed by atoms with van der Waals surface area (Å²) in [6, 6.07) is 0. The molecule has 2 nitrogen and oxygen atoms in total. The molecule has 0 aromatic rings. The van der Waals surface area contributed by atoms with Crippen LogP contribution in [0.3, 0.4) is 0 Å². The lowest BCUT2D eigenvalue weighted by molar-refractivity contribution is -0.178. The first-order chi connectivity index (χ1) is 6.58. The van der Waals surface area contributed by atoms with E-state index in [0.29, 0.717) is 0 Å². The van der Waals surface area contributed by atoms with Crippen molar-refractivity contribution in [2.45, 2.75) is 57.7 Å². The fraction of sp³-hybridized carbons (Fsp3) is 1.00. The zero-order valence-electron chi connectivity index (χ0n) is 9.73. The molecule has 2 rings (SSSR count). The van der Waals surface area contributed by atoms with Crippen molar-refractivity contribution in [3.63, 3.8) is 0 Å². The lowest BCUT2D eigenvalue weighted by atomic mass is 9.85. The molecule has 0 aromatic heterocycles. The molecule has 1 saturated heterocycles. The van der Waals surface area contributed by atoms with Crippen LogP contribution in [0.4, 0.5) is 0 Å². The Labute approximate surface area is 87.4 Å². The smallest absolute Gasteiger partial charge is 0.0842 e. The first kappa shape index (κ1) is 10.4. The number of hydrogen-bond acceptors (Lipinski definition) is 2. The first-order valence-corrected chi connectivity index (χ1v) is 5.99. The fourth-order valence-electron chi connectivity index (χ4n) is 3.26. The van der Waals surface area contributed by atoms with Crippen molar-refractivity contribution in [3.05, 3.63) is 0 Å². The van der Waals surface area contributed by atoms with Gasteiger partial charge in [0.15, 0.2) is 0 Å². The molecule has 2 unspecified atom stereocenters. The summed E-state index contributed by atoms with van der Waals surface area (Å²) < 4.78 is 6.36. The van der Waals surface area contributed by atoms with E-state index in [0.717, 1.165) is 19.0 Å². The monoisotopic (exact) mass is 197 g/mol. The molecular formula is C12H23NO. The molecule has 2 atom stereocenters. The van der Waals surface area contributed by atoms with Crippen LogP contribution in [-0.4, -0.2) is 24.3 Å². The highest BCUT2D eigenvalue weighted by atomic mass is 16.5. The molecule has 2 heteroatoms. The third-order valence-corrected chi connectivity index (χ3v) is 3.84. The molecular weight excluding hydrogens is 174 g/mol. The molecule has 1 spiro atoms. The van der Waals surface area contributed by atoms with E-state index in [1.165, 1.54) is 25.7 Å². The van der Waals surface area contributed by atoms with E-state index >= 15 is 0 Å². The molecule has 1 N–H and O–H groups in total. The summed E-state index contributed by atoms with van der Waals surface area (Å²) in [4.78, 5) is 0. The molecule has 2 fully saturated rings. The highest BCUT2D eigenvalue weighted by Gasteiger charge is 2.48. The van der Waals surface area contributed by atoms with E-state index in [-0.39, 0.29) is 11.2 Å². The van der Waals surface area contributed by atoms with Crippen LogP contribution in [0.5, 0.6) is 0 Å². The van der Waals surface area contributed by atoms with Crippen LogP contribution >= 0.6 is 0 Å². The molecule has 1 saturated carbocycles. The number of nitrogens with one attached hydrogen (secondary N) is 1. The van der Waals surface area contributed by atoms with Gasteiger partial charge in [0.05, 0.1) is 11.2 Å². The van der Waals surface area contributed by atoms with Gasteiger partial charge in [-0.2, -0.15) is 0 Å². The Kier molecular flexibility index (Phi) is 2.61. The minimum Gasteiger partial charge on any atom is -0.366 e. The minimum atomic E-state index is 0.0238. The van der Waals surface area contributed by atoms with Gasteiger partial charge in [-0.1, -0.05) is 19.8 Å². The van der Waals surface area contributed by atoms with Crippen LogP contribution in [-0.2, 0) is 4.74 Å². The third-order valence-electron chi connectivity index (χ3n) is 3.84. The first-order valence-electron chi connectivity index (χ1n) is 5.99. The molecule has 0 amide bonds. The normalized spacial score (nSPS) is 41.8. The van der Waals surface area contributed by atoms with Gasteiger partial charge in [-0.15, -0.1) is 0 Å². The molecule has 0 bridgehead atoms. The van der Waals surface area contributed by atoms with Gasteiger partial charge in [-0.3, -0.25) is 0 Å². The summed E-state index contributed by atoms with van der Waals surface area (Å²) in [6.07, 6.45) is 5.21. The summed E-state index contributed by atoms with van der Waals surface area (Å²) in [5.41, 5.74) is 0.187. The maximum Gasteiger partial charge on any atom is 0.0842 e. The van der Waals surface area contributed by atoms with Crippen LogP contribution in [0.1, 0.15) is 46.5 Å². The van der Waals surface area contributed by atoms with Gasteiger partial charge in [0.2, 0.25) is 0 Å². The van der Waals surface area contributed by atoms with Crippen molar-refractivity contribution >= 4 is 0 Å². The topological polar surface area (TPSA) is 21.3 Å². The van der Waals surface area contributed by atoms with Gasteiger partial charge in [0.25, 0.3) is 0 Å². The van der Waals surface area contributed by atoms with E-state index in [2.05, 4.69) is 26.1 Å². The average molecular weight is 197 g/mol. The predicted molar refractivity (Wildman–Crippen MR) is 58.4 cm³/mol. The number of morpholine rings is 1. The van der Waals surface area contributed by atoms with Gasteiger partial charge < -0.3 is 10.1 Å². The minimum absolute atomic E-state index is 0.0238.